The van der Waals surface area contributed by atoms with Gasteiger partial charge < -0.3 is 9.88 Å². The van der Waals surface area contributed by atoms with Crippen LogP contribution in [0.1, 0.15) is 18.0 Å². The standard InChI is InChI=1S/C15H15N5O2S/c21-13(5-10-2-4-23-8-10)19-3-1-11(7-19)20-14-12(18-15(20)22)6-16-9-17-14/h2,4,6,8-9,11H,1,3,5,7H2,(H,18,22). The highest BCUT2D eigenvalue weighted by Gasteiger charge is 2.29. The van der Waals surface area contributed by atoms with Gasteiger partial charge in [0.25, 0.3) is 0 Å². The summed E-state index contributed by atoms with van der Waals surface area (Å²) in [5.74, 6) is 0.105. The smallest absolute Gasteiger partial charge is 0.328 e. The van der Waals surface area contributed by atoms with E-state index in [1.165, 1.54) is 6.33 Å². The van der Waals surface area contributed by atoms with Crippen LogP contribution < -0.4 is 5.69 Å². The Morgan fingerprint density at radius 2 is 2.39 bits per heavy atom. The van der Waals surface area contributed by atoms with Crippen molar-refractivity contribution in [3.8, 4) is 0 Å². The number of H-pyrrole nitrogens is 1. The molecule has 0 saturated carbocycles. The molecule has 1 aliphatic rings. The van der Waals surface area contributed by atoms with E-state index >= 15 is 0 Å². The van der Waals surface area contributed by atoms with E-state index in [9.17, 15) is 9.59 Å². The van der Waals surface area contributed by atoms with E-state index in [1.54, 1.807) is 22.1 Å². The molecule has 8 heteroatoms. The number of likely N-dealkylation sites (tertiary alicyclic amines) is 1. The van der Waals surface area contributed by atoms with Crippen LogP contribution >= 0.6 is 11.3 Å². The lowest BCUT2D eigenvalue weighted by molar-refractivity contribution is -0.129. The fourth-order valence-electron chi connectivity index (χ4n) is 3.07. The van der Waals surface area contributed by atoms with Crippen LogP contribution in [0, 0.1) is 0 Å². The number of carbonyl (C=O) groups excluding carboxylic acids is 1. The number of carbonyl (C=O) groups is 1. The average Bonchev–Trinajstić information content (AvgIpc) is 3.25. The van der Waals surface area contributed by atoms with E-state index in [1.807, 2.05) is 21.7 Å². The molecule has 23 heavy (non-hydrogen) atoms. The van der Waals surface area contributed by atoms with Crippen LogP contribution in [0.3, 0.4) is 0 Å². The van der Waals surface area contributed by atoms with E-state index < -0.39 is 0 Å². The van der Waals surface area contributed by atoms with Gasteiger partial charge in [0, 0.05) is 13.1 Å². The van der Waals surface area contributed by atoms with Crippen molar-refractivity contribution < 1.29 is 4.79 Å². The number of fused-ring (bicyclic) bond motifs is 1. The summed E-state index contributed by atoms with van der Waals surface area (Å²) in [6, 6.07) is 1.93. The van der Waals surface area contributed by atoms with E-state index in [4.69, 9.17) is 0 Å². The zero-order valence-corrected chi connectivity index (χ0v) is 13.1. The molecular weight excluding hydrogens is 314 g/mol. The summed E-state index contributed by atoms with van der Waals surface area (Å²) in [7, 11) is 0. The van der Waals surface area contributed by atoms with Crippen molar-refractivity contribution >= 4 is 28.4 Å². The number of aromatic amines is 1. The Kier molecular flexibility index (Phi) is 3.45. The molecule has 1 atom stereocenters. The lowest BCUT2D eigenvalue weighted by Gasteiger charge is -2.16. The highest BCUT2D eigenvalue weighted by molar-refractivity contribution is 7.08. The Balaban J connectivity index is 1.54. The van der Waals surface area contributed by atoms with Crippen molar-refractivity contribution in [2.75, 3.05) is 13.1 Å². The Hall–Kier alpha value is -2.48. The van der Waals surface area contributed by atoms with Crippen LogP contribution in [0.4, 0.5) is 0 Å². The summed E-state index contributed by atoms with van der Waals surface area (Å²) in [4.78, 5) is 37.3. The summed E-state index contributed by atoms with van der Waals surface area (Å²) >= 11 is 1.59. The van der Waals surface area contributed by atoms with E-state index in [0.29, 0.717) is 30.7 Å². The maximum atomic E-state index is 12.4. The van der Waals surface area contributed by atoms with E-state index in [2.05, 4.69) is 15.0 Å². The van der Waals surface area contributed by atoms with E-state index in [0.717, 1.165) is 12.0 Å². The lowest BCUT2D eigenvalue weighted by atomic mass is 10.2. The fraction of sp³-hybridized carbons (Fsp3) is 0.333. The second-order valence-corrected chi connectivity index (χ2v) is 6.43. The normalized spacial score (nSPS) is 17.9. The second kappa shape index (κ2) is 5.62. The van der Waals surface area contributed by atoms with Crippen LogP contribution in [0.15, 0.2) is 34.1 Å². The third kappa shape index (κ3) is 2.55. The molecule has 0 aromatic carbocycles. The summed E-state index contributed by atoms with van der Waals surface area (Å²) in [5, 5.41) is 3.97. The van der Waals surface area contributed by atoms with Gasteiger partial charge >= 0.3 is 5.69 Å². The number of nitrogens with one attached hydrogen (secondary N) is 1. The Bertz CT molecular complexity index is 898. The molecule has 1 unspecified atom stereocenters. The molecule has 0 radical (unpaired) electrons. The zero-order valence-electron chi connectivity index (χ0n) is 12.3. The molecule has 3 aromatic rings. The van der Waals surface area contributed by atoms with Crippen LogP contribution in [0.25, 0.3) is 11.2 Å². The summed E-state index contributed by atoms with van der Waals surface area (Å²) in [5.41, 5.74) is 2.07. The fourth-order valence-corrected chi connectivity index (χ4v) is 3.74. The second-order valence-electron chi connectivity index (χ2n) is 5.65. The van der Waals surface area contributed by atoms with Gasteiger partial charge in [-0.2, -0.15) is 11.3 Å². The molecule has 1 N–H and O–H groups in total. The van der Waals surface area contributed by atoms with Crippen molar-refractivity contribution in [3.05, 3.63) is 45.4 Å². The number of thiophene rings is 1. The Morgan fingerprint density at radius 1 is 1.48 bits per heavy atom. The minimum absolute atomic E-state index is 0.0439. The highest BCUT2D eigenvalue weighted by atomic mass is 32.1. The summed E-state index contributed by atoms with van der Waals surface area (Å²) in [6.07, 6.45) is 4.20. The van der Waals surface area contributed by atoms with Gasteiger partial charge in [-0.05, 0) is 28.8 Å². The molecule has 1 amide bonds. The number of rotatable bonds is 3. The van der Waals surface area contributed by atoms with E-state index in [-0.39, 0.29) is 17.6 Å². The molecule has 1 saturated heterocycles. The molecule has 0 aliphatic carbocycles. The SMILES string of the molecule is O=C(Cc1ccsc1)N1CCC(n2c(=O)[nH]c3cncnc32)C1. The van der Waals surface area contributed by atoms with Crippen LogP contribution in [0.5, 0.6) is 0 Å². The number of aromatic nitrogens is 4. The van der Waals surface area contributed by atoms with Gasteiger partial charge in [0.05, 0.1) is 18.7 Å². The van der Waals surface area contributed by atoms with Gasteiger partial charge in [-0.25, -0.2) is 14.8 Å². The monoisotopic (exact) mass is 329 g/mol. The van der Waals surface area contributed by atoms with Gasteiger partial charge in [0.1, 0.15) is 11.8 Å². The third-order valence-corrected chi connectivity index (χ3v) is 4.93. The molecule has 3 aromatic heterocycles. The highest BCUT2D eigenvalue weighted by Crippen LogP contribution is 2.23. The first kappa shape index (κ1) is 14.1. The van der Waals surface area contributed by atoms with Crippen molar-refractivity contribution in [1.29, 1.82) is 0 Å². The minimum atomic E-state index is -0.197. The van der Waals surface area contributed by atoms with Crippen molar-refractivity contribution in [3.63, 3.8) is 0 Å². The first-order valence-corrected chi connectivity index (χ1v) is 8.36. The van der Waals surface area contributed by atoms with Crippen molar-refractivity contribution in [2.45, 2.75) is 18.9 Å². The quantitative estimate of drug-likeness (QED) is 0.782. The van der Waals surface area contributed by atoms with Gasteiger partial charge in [0.2, 0.25) is 5.91 Å². The van der Waals surface area contributed by atoms with Crippen LogP contribution in [-0.4, -0.2) is 43.4 Å². The first-order chi connectivity index (χ1) is 11.2. The molecule has 4 rings (SSSR count). The predicted octanol–water partition coefficient (Wildman–Crippen LogP) is 1.20. The first-order valence-electron chi connectivity index (χ1n) is 7.41. The van der Waals surface area contributed by atoms with Gasteiger partial charge in [-0.15, -0.1) is 0 Å². The number of hydrogen-bond donors (Lipinski definition) is 1. The molecule has 4 heterocycles. The Morgan fingerprint density at radius 3 is 3.22 bits per heavy atom. The lowest BCUT2D eigenvalue weighted by Crippen LogP contribution is -2.31. The van der Waals surface area contributed by atoms with Crippen LogP contribution in [0.2, 0.25) is 0 Å². The molecular formula is C15H15N5O2S. The third-order valence-electron chi connectivity index (χ3n) is 4.20. The maximum absolute atomic E-state index is 12.4. The number of hydrogen-bond acceptors (Lipinski definition) is 5. The number of nitrogens with zero attached hydrogens (tertiary/aromatic N) is 4. The van der Waals surface area contributed by atoms with Gasteiger partial charge in [0.15, 0.2) is 5.65 Å². The number of amides is 1. The molecule has 118 valence electrons. The molecule has 0 bridgehead atoms. The topological polar surface area (TPSA) is 83.9 Å². The summed E-state index contributed by atoms with van der Waals surface area (Å²) < 4.78 is 1.65. The van der Waals surface area contributed by atoms with Crippen molar-refractivity contribution in [2.24, 2.45) is 0 Å². The molecule has 1 fully saturated rings. The molecule has 1 aliphatic heterocycles. The van der Waals surface area contributed by atoms with Crippen molar-refractivity contribution in [1.82, 2.24) is 24.4 Å². The number of imidazole rings is 1. The Labute approximate surface area is 135 Å². The van der Waals surface area contributed by atoms with Gasteiger partial charge in [-0.3, -0.25) is 9.36 Å². The average molecular weight is 329 g/mol. The van der Waals surface area contributed by atoms with Crippen LogP contribution in [-0.2, 0) is 11.2 Å². The molecule has 7 nitrogen and oxygen atoms in total. The molecule has 0 spiro atoms. The predicted molar refractivity (Wildman–Crippen MR) is 86.4 cm³/mol. The maximum Gasteiger partial charge on any atom is 0.328 e. The minimum Gasteiger partial charge on any atom is -0.340 e. The largest absolute Gasteiger partial charge is 0.340 e. The summed E-state index contributed by atoms with van der Waals surface area (Å²) in [6.45, 7) is 1.21. The van der Waals surface area contributed by atoms with Gasteiger partial charge in [-0.1, -0.05) is 0 Å². The zero-order chi connectivity index (χ0) is 15.8.